The van der Waals surface area contributed by atoms with Crippen LogP contribution in [0.5, 0.6) is 11.5 Å². The fourth-order valence-corrected chi connectivity index (χ4v) is 3.09. The molecule has 4 nitrogen and oxygen atoms in total. The highest BCUT2D eigenvalue weighted by Crippen LogP contribution is 2.36. The van der Waals surface area contributed by atoms with Gasteiger partial charge in [0.15, 0.2) is 0 Å². The molecule has 116 valence electrons. The average molecular weight is 298 g/mol. The molecule has 0 spiro atoms. The van der Waals surface area contributed by atoms with Crippen molar-refractivity contribution in [2.75, 3.05) is 20.8 Å². The second kappa shape index (κ2) is 6.38. The third kappa shape index (κ3) is 2.80. The minimum atomic E-state index is 0.243. The van der Waals surface area contributed by atoms with Crippen molar-refractivity contribution in [3.63, 3.8) is 0 Å². The third-order valence-electron chi connectivity index (χ3n) is 4.29. The number of ether oxygens (including phenoxy) is 2. The normalized spacial score (nSPS) is 17.3. The smallest absolute Gasteiger partial charge is 0.119 e. The van der Waals surface area contributed by atoms with Crippen molar-refractivity contribution in [2.24, 2.45) is 5.73 Å². The molecule has 1 aliphatic heterocycles. The van der Waals surface area contributed by atoms with E-state index in [2.05, 4.69) is 29.2 Å². The van der Waals surface area contributed by atoms with Crippen molar-refractivity contribution in [1.29, 1.82) is 0 Å². The Hall–Kier alpha value is -2.04. The van der Waals surface area contributed by atoms with E-state index in [9.17, 15) is 0 Å². The number of hydrogen-bond acceptors (Lipinski definition) is 4. The molecule has 0 saturated carbocycles. The average Bonchev–Trinajstić information content (AvgIpc) is 2.91. The summed E-state index contributed by atoms with van der Waals surface area (Å²) in [6.45, 7) is 2.41. The van der Waals surface area contributed by atoms with Crippen LogP contribution in [0.1, 0.15) is 22.7 Å². The minimum Gasteiger partial charge on any atom is -0.497 e. The maximum absolute atomic E-state index is 6.03. The zero-order valence-corrected chi connectivity index (χ0v) is 13.1. The van der Waals surface area contributed by atoms with Gasteiger partial charge in [-0.15, -0.1) is 0 Å². The molecule has 22 heavy (non-hydrogen) atoms. The van der Waals surface area contributed by atoms with Crippen molar-refractivity contribution in [2.45, 2.75) is 19.1 Å². The Morgan fingerprint density at radius 3 is 2.36 bits per heavy atom. The first-order chi connectivity index (χ1) is 10.7. The van der Waals surface area contributed by atoms with Gasteiger partial charge in [-0.2, -0.15) is 0 Å². The van der Waals surface area contributed by atoms with Crippen molar-refractivity contribution in [3.8, 4) is 11.5 Å². The van der Waals surface area contributed by atoms with Gasteiger partial charge in [0, 0.05) is 25.7 Å². The van der Waals surface area contributed by atoms with E-state index < -0.39 is 0 Å². The van der Waals surface area contributed by atoms with Crippen LogP contribution in [0.3, 0.4) is 0 Å². The van der Waals surface area contributed by atoms with Gasteiger partial charge < -0.3 is 15.2 Å². The predicted octanol–water partition coefficient (Wildman–Crippen LogP) is 2.72. The molecule has 0 bridgehead atoms. The van der Waals surface area contributed by atoms with Gasteiger partial charge in [0.05, 0.1) is 14.2 Å². The van der Waals surface area contributed by atoms with Crippen LogP contribution in [-0.2, 0) is 13.1 Å². The number of methoxy groups -OCH3 is 2. The van der Waals surface area contributed by atoms with Crippen molar-refractivity contribution in [1.82, 2.24) is 4.90 Å². The third-order valence-corrected chi connectivity index (χ3v) is 4.29. The topological polar surface area (TPSA) is 47.7 Å². The molecule has 0 aromatic heterocycles. The van der Waals surface area contributed by atoms with Gasteiger partial charge in [0.25, 0.3) is 0 Å². The van der Waals surface area contributed by atoms with Crippen LogP contribution in [0.2, 0.25) is 0 Å². The molecule has 0 saturated heterocycles. The predicted molar refractivity (Wildman–Crippen MR) is 87.0 cm³/mol. The van der Waals surface area contributed by atoms with Gasteiger partial charge in [0.1, 0.15) is 11.5 Å². The fraction of sp³-hybridized carbons (Fsp3) is 0.333. The quantitative estimate of drug-likeness (QED) is 0.922. The molecule has 2 aromatic carbocycles. The summed E-state index contributed by atoms with van der Waals surface area (Å²) in [5, 5.41) is 0. The molecule has 3 rings (SSSR count). The number of hydrogen-bond donors (Lipinski definition) is 1. The summed E-state index contributed by atoms with van der Waals surface area (Å²) >= 11 is 0. The lowest BCUT2D eigenvalue weighted by atomic mass is 10.0. The van der Waals surface area contributed by atoms with E-state index in [1.165, 1.54) is 16.7 Å². The van der Waals surface area contributed by atoms with Gasteiger partial charge in [-0.25, -0.2) is 0 Å². The molecule has 1 heterocycles. The van der Waals surface area contributed by atoms with Gasteiger partial charge in [-0.1, -0.05) is 18.2 Å². The van der Waals surface area contributed by atoms with Crippen molar-refractivity contribution >= 4 is 0 Å². The summed E-state index contributed by atoms with van der Waals surface area (Å²) < 4.78 is 10.5. The lowest BCUT2D eigenvalue weighted by molar-refractivity contribution is 0.211. The van der Waals surface area contributed by atoms with E-state index in [-0.39, 0.29) is 6.04 Å². The SMILES string of the molecule is COc1ccc(CN2Cc3ccc(OC)cc3C2CN)cc1. The highest BCUT2D eigenvalue weighted by molar-refractivity contribution is 5.41. The van der Waals surface area contributed by atoms with E-state index >= 15 is 0 Å². The Bertz CT molecular complexity index is 640. The minimum absolute atomic E-state index is 0.243. The van der Waals surface area contributed by atoms with E-state index in [0.717, 1.165) is 24.6 Å². The standard InChI is InChI=1S/C18H22N2O2/c1-21-15-6-3-13(4-7-15)11-20-12-14-5-8-16(22-2)9-17(14)18(20)10-19/h3-9,18H,10-12,19H2,1-2H3. The maximum Gasteiger partial charge on any atom is 0.119 e. The van der Waals surface area contributed by atoms with Crippen LogP contribution in [0.25, 0.3) is 0 Å². The Kier molecular flexibility index (Phi) is 4.32. The molecule has 0 fully saturated rings. The number of benzene rings is 2. The Labute approximate surface area is 131 Å². The number of rotatable bonds is 5. The summed E-state index contributed by atoms with van der Waals surface area (Å²) in [6.07, 6.45) is 0. The first-order valence-corrected chi connectivity index (χ1v) is 7.49. The summed E-state index contributed by atoms with van der Waals surface area (Å²) in [5.74, 6) is 1.78. The van der Waals surface area contributed by atoms with Crippen LogP contribution in [0, 0.1) is 0 Å². The van der Waals surface area contributed by atoms with E-state index in [0.29, 0.717) is 6.54 Å². The monoisotopic (exact) mass is 298 g/mol. The zero-order valence-electron chi connectivity index (χ0n) is 13.1. The van der Waals surface area contributed by atoms with Gasteiger partial charge in [-0.3, -0.25) is 4.90 Å². The first kappa shape index (κ1) is 14.9. The van der Waals surface area contributed by atoms with Crippen LogP contribution in [0.15, 0.2) is 42.5 Å². The fourth-order valence-electron chi connectivity index (χ4n) is 3.09. The van der Waals surface area contributed by atoms with Gasteiger partial charge in [0.2, 0.25) is 0 Å². The Morgan fingerprint density at radius 1 is 1.05 bits per heavy atom. The van der Waals surface area contributed by atoms with Crippen LogP contribution >= 0.6 is 0 Å². The Balaban J connectivity index is 1.80. The molecule has 1 unspecified atom stereocenters. The lowest BCUT2D eigenvalue weighted by Crippen LogP contribution is -2.27. The highest BCUT2D eigenvalue weighted by atomic mass is 16.5. The lowest BCUT2D eigenvalue weighted by Gasteiger charge is -2.24. The molecule has 1 aliphatic rings. The molecule has 2 aromatic rings. The maximum atomic E-state index is 6.03. The molecule has 0 radical (unpaired) electrons. The van der Waals surface area contributed by atoms with E-state index in [1.807, 2.05) is 18.2 Å². The summed E-state index contributed by atoms with van der Waals surface area (Å²) in [6, 6.07) is 14.7. The number of nitrogens with two attached hydrogens (primary N) is 1. The molecule has 2 N–H and O–H groups in total. The second-order valence-corrected chi connectivity index (χ2v) is 5.57. The van der Waals surface area contributed by atoms with Gasteiger partial charge in [-0.05, 0) is 41.0 Å². The highest BCUT2D eigenvalue weighted by Gasteiger charge is 2.29. The first-order valence-electron chi connectivity index (χ1n) is 7.49. The molecular weight excluding hydrogens is 276 g/mol. The largest absolute Gasteiger partial charge is 0.497 e. The molecule has 0 amide bonds. The van der Waals surface area contributed by atoms with E-state index in [4.69, 9.17) is 15.2 Å². The molecule has 0 aliphatic carbocycles. The molecular formula is C18H22N2O2. The van der Waals surface area contributed by atoms with Crippen molar-refractivity contribution in [3.05, 3.63) is 59.2 Å². The molecule has 4 heteroatoms. The number of nitrogens with zero attached hydrogens (tertiary/aromatic N) is 1. The summed E-state index contributed by atoms with van der Waals surface area (Å²) in [7, 11) is 3.38. The van der Waals surface area contributed by atoms with Gasteiger partial charge >= 0.3 is 0 Å². The van der Waals surface area contributed by atoms with Crippen LogP contribution < -0.4 is 15.2 Å². The second-order valence-electron chi connectivity index (χ2n) is 5.57. The van der Waals surface area contributed by atoms with E-state index in [1.54, 1.807) is 14.2 Å². The number of fused-ring (bicyclic) bond motifs is 1. The molecule has 1 atom stereocenters. The summed E-state index contributed by atoms with van der Waals surface area (Å²) in [4.78, 5) is 2.41. The summed E-state index contributed by atoms with van der Waals surface area (Å²) in [5.41, 5.74) is 9.92. The van der Waals surface area contributed by atoms with Crippen LogP contribution in [-0.4, -0.2) is 25.7 Å². The Morgan fingerprint density at radius 2 is 1.73 bits per heavy atom. The van der Waals surface area contributed by atoms with Crippen molar-refractivity contribution < 1.29 is 9.47 Å². The van der Waals surface area contributed by atoms with Crippen LogP contribution in [0.4, 0.5) is 0 Å². The zero-order chi connectivity index (χ0) is 15.5.